The molecular formula is C9H20OS2. The largest absolute Gasteiger partial charge is 0.479 e. The minimum absolute atomic E-state index is 0.645. The Morgan fingerprint density at radius 2 is 1.67 bits per heavy atom. The van der Waals surface area contributed by atoms with Crippen LogP contribution in [0.2, 0.25) is 0 Å². The highest BCUT2D eigenvalue weighted by molar-refractivity contribution is 8.22. The molecule has 0 amide bonds. The molecule has 74 valence electrons. The maximum absolute atomic E-state index is 5.03. The van der Waals surface area contributed by atoms with Crippen LogP contribution in [-0.2, 0) is 4.74 Å². The first kappa shape index (κ1) is 14.7. The Kier molecular flexibility index (Phi) is 17.0. The zero-order valence-corrected chi connectivity index (χ0v) is 10.2. The van der Waals surface area contributed by atoms with E-state index >= 15 is 0 Å². The van der Waals surface area contributed by atoms with Crippen LogP contribution in [0.5, 0.6) is 0 Å². The van der Waals surface area contributed by atoms with Crippen molar-refractivity contribution in [2.45, 2.75) is 40.0 Å². The zero-order valence-electron chi connectivity index (χ0n) is 8.55. The van der Waals surface area contributed by atoms with Gasteiger partial charge in [0, 0.05) is 0 Å². The number of rotatable bonds is 3. The van der Waals surface area contributed by atoms with E-state index in [9.17, 15) is 0 Å². The predicted octanol–water partition coefficient (Wildman–Crippen LogP) is 3.87. The van der Waals surface area contributed by atoms with Gasteiger partial charge in [-0.15, -0.1) is 0 Å². The molecule has 0 rings (SSSR count). The first-order chi connectivity index (χ1) is 5.72. The van der Waals surface area contributed by atoms with Gasteiger partial charge in [-0.2, -0.15) is 0 Å². The summed E-state index contributed by atoms with van der Waals surface area (Å²) < 4.78 is 5.68. The van der Waals surface area contributed by atoms with Crippen LogP contribution in [0.3, 0.4) is 0 Å². The standard InChI is InChI=1S/C5H10OS2.C4H10/c1-3-4-6-5(7)8-2;1-3-4-2/h3-4H2,1-2H3;3-4H2,1-2H3. The summed E-state index contributed by atoms with van der Waals surface area (Å²) in [6.45, 7) is 7.17. The van der Waals surface area contributed by atoms with Gasteiger partial charge in [0.1, 0.15) is 0 Å². The minimum atomic E-state index is 0.645. The lowest BCUT2D eigenvalue weighted by Crippen LogP contribution is -1.95. The smallest absolute Gasteiger partial charge is 0.219 e. The molecule has 0 saturated carbocycles. The van der Waals surface area contributed by atoms with Crippen molar-refractivity contribution in [3.63, 3.8) is 0 Å². The van der Waals surface area contributed by atoms with Gasteiger partial charge in [0.25, 0.3) is 0 Å². The van der Waals surface area contributed by atoms with Crippen molar-refractivity contribution in [2.24, 2.45) is 0 Å². The van der Waals surface area contributed by atoms with Gasteiger partial charge in [-0.3, -0.25) is 0 Å². The molecule has 3 heteroatoms. The second-order valence-electron chi connectivity index (χ2n) is 2.30. The molecule has 0 N–H and O–H groups in total. The summed E-state index contributed by atoms with van der Waals surface area (Å²) in [6, 6.07) is 0. The first-order valence-corrected chi connectivity index (χ1v) is 6.06. The van der Waals surface area contributed by atoms with E-state index in [1.54, 1.807) is 0 Å². The van der Waals surface area contributed by atoms with Crippen LogP contribution in [0.1, 0.15) is 40.0 Å². The highest BCUT2D eigenvalue weighted by Crippen LogP contribution is 1.99. The lowest BCUT2D eigenvalue weighted by Gasteiger charge is -1.99. The van der Waals surface area contributed by atoms with Gasteiger partial charge in [-0.05, 0) is 24.9 Å². The van der Waals surface area contributed by atoms with Gasteiger partial charge >= 0.3 is 0 Å². The molecule has 12 heavy (non-hydrogen) atoms. The topological polar surface area (TPSA) is 9.23 Å². The van der Waals surface area contributed by atoms with Crippen LogP contribution in [0.15, 0.2) is 0 Å². The Morgan fingerprint density at radius 1 is 1.17 bits per heavy atom. The normalized spacial score (nSPS) is 8.33. The van der Waals surface area contributed by atoms with E-state index in [2.05, 4.69) is 20.8 Å². The monoisotopic (exact) mass is 208 g/mol. The van der Waals surface area contributed by atoms with Crippen LogP contribution in [0.25, 0.3) is 0 Å². The van der Waals surface area contributed by atoms with Crippen LogP contribution >= 0.6 is 24.0 Å². The molecule has 0 aliphatic heterocycles. The summed E-state index contributed by atoms with van der Waals surface area (Å²) in [5.74, 6) is 0. The lowest BCUT2D eigenvalue weighted by molar-refractivity contribution is 0.322. The van der Waals surface area contributed by atoms with Gasteiger partial charge in [0.2, 0.25) is 4.38 Å². The third kappa shape index (κ3) is 16.7. The number of thioether (sulfide) groups is 1. The number of unbranched alkanes of at least 4 members (excludes halogenated alkanes) is 1. The van der Waals surface area contributed by atoms with Gasteiger partial charge in [-0.25, -0.2) is 0 Å². The predicted molar refractivity (Wildman–Crippen MR) is 62.9 cm³/mol. The summed E-state index contributed by atoms with van der Waals surface area (Å²) >= 11 is 6.24. The second kappa shape index (κ2) is 13.8. The summed E-state index contributed by atoms with van der Waals surface area (Å²) in [5.41, 5.74) is 0. The molecule has 0 fully saturated rings. The van der Waals surface area contributed by atoms with Crippen molar-refractivity contribution >= 4 is 28.4 Å². The summed E-state index contributed by atoms with van der Waals surface area (Å²) in [4.78, 5) is 0. The zero-order chi connectivity index (χ0) is 9.82. The molecule has 0 unspecified atom stereocenters. The number of ether oxygens (including phenoxy) is 1. The van der Waals surface area contributed by atoms with E-state index in [0.717, 1.165) is 13.0 Å². The molecule has 0 radical (unpaired) electrons. The molecular weight excluding hydrogens is 188 g/mol. The van der Waals surface area contributed by atoms with Crippen LogP contribution in [0, 0.1) is 0 Å². The van der Waals surface area contributed by atoms with Crippen molar-refractivity contribution in [3.05, 3.63) is 0 Å². The quantitative estimate of drug-likeness (QED) is 0.652. The maximum atomic E-state index is 5.03. The average molecular weight is 208 g/mol. The fraction of sp³-hybridized carbons (Fsp3) is 0.889. The minimum Gasteiger partial charge on any atom is -0.479 e. The molecule has 0 bridgehead atoms. The SMILES string of the molecule is CCCC.CCCOC(=S)SC. The van der Waals surface area contributed by atoms with E-state index in [0.29, 0.717) is 4.38 Å². The van der Waals surface area contributed by atoms with Crippen molar-refractivity contribution in [2.75, 3.05) is 12.9 Å². The molecule has 0 aromatic rings. The van der Waals surface area contributed by atoms with Crippen molar-refractivity contribution in [1.82, 2.24) is 0 Å². The van der Waals surface area contributed by atoms with Gasteiger partial charge < -0.3 is 4.74 Å². The van der Waals surface area contributed by atoms with Crippen molar-refractivity contribution in [1.29, 1.82) is 0 Å². The van der Waals surface area contributed by atoms with Crippen LogP contribution < -0.4 is 0 Å². The highest BCUT2D eigenvalue weighted by atomic mass is 32.2. The second-order valence-corrected chi connectivity index (χ2v) is 3.71. The highest BCUT2D eigenvalue weighted by Gasteiger charge is 1.88. The van der Waals surface area contributed by atoms with E-state index < -0.39 is 0 Å². The molecule has 1 nitrogen and oxygen atoms in total. The molecule has 0 aliphatic rings. The first-order valence-electron chi connectivity index (χ1n) is 4.43. The Labute approximate surface area is 86.3 Å². The van der Waals surface area contributed by atoms with E-state index in [-0.39, 0.29) is 0 Å². The molecule has 0 aliphatic carbocycles. The summed E-state index contributed by atoms with van der Waals surface area (Å²) in [7, 11) is 0. The van der Waals surface area contributed by atoms with Crippen molar-refractivity contribution < 1.29 is 4.74 Å². The van der Waals surface area contributed by atoms with E-state index in [1.165, 1.54) is 24.6 Å². The van der Waals surface area contributed by atoms with Crippen LogP contribution in [0.4, 0.5) is 0 Å². The van der Waals surface area contributed by atoms with Gasteiger partial charge in [-0.1, -0.05) is 45.4 Å². The Hall–Kier alpha value is 0.240. The van der Waals surface area contributed by atoms with E-state index in [4.69, 9.17) is 17.0 Å². The van der Waals surface area contributed by atoms with Crippen molar-refractivity contribution in [3.8, 4) is 0 Å². The Morgan fingerprint density at radius 3 is 1.92 bits per heavy atom. The number of hydrogen-bond acceptors (Lipinski definition) is 3. The van der Waals surface area contributed by atoms with E-state index in [1.807, 2.05) is 6.26 Å². The number of hydrogen-bond donors (Lipinski definition) is 0. The molecule has 0 aromatic heterocycles. The Balaban J connectivity index is 0. The lowest BCUT2D eigenvalue weighted by atomic mass is 10.4. The fourth-order valence-corrected chi connectivity index (χ4v) is 0.529. The average Bonchev–Trinajstić information content (AvgIpc) is 2.14. The maximum Gasteiger partial charge on any atom is 0.219 e. The Bertz CT molecular complexity index is 92.5. The third-order valence-corrected chi connectivity index (χ3v) is 2.16. The van der Waals surface area contributed by atoms with Gasteiger partial charge in [0.15, 0.2) is 0 Å². The summed E-state index contributed by atoms with van der Waals surface area (Å²) in [6.07, 6.45) is 5.58. The molecule has 0 aromatic carbocycles. The summed E-state index contributed by atoms with van der Waals surface area (Å²) in [5, 5.41) is 0. The van der Waals surface area contributed by atoms with Crippen LogP contribution in [-0.4, -0.2) is 17.2 Å². The third-order valence-electron chi connectivity index (χ3n) is 1.09. The molecule has 0 atom stereocenters. The number of thiocarbonyl (C=S) groups is 1. The molecule has 0 spiro atoms. The molecule has 0 saturated heterocycles. The molecule has 0 heterocycles. The van der Waals surface area contributed by atoms with Gasteiger partial charge in [0.05, 0.1) is 6.61 Å². The fourth-order valence-electron chi connectivity index (χ4n) is 0.244.